The molecule has 1 aliphatic rings. The number of aromatic nitrogens is 2. The standard InChI is InChI=1S/C7H9N5O/c8-4-5-3-7(13)12(11-5)6-1-2-9-10-6/h1-2H,3-4,8H2,(H,9,10). The van der Waals surface area contributed by atoms with Gasteiger partial charge in [-0.2, -0.15) is 15.2 Å². The molecule has 0 atom stereocenters. The van der Waals surface area contributed by atoms with Gasteiger partial charge in [0.25, 0.3) is 5.91 Å². The molecule has 0 unspecified atom stereocenters. The van der Waals surface area contributed by atoms with E-state index in [4.69, 9.17) is 5.73 Å². The van der Waals surface area contributed by atoms with Crippen LogP contribution in [0.5, 0.6) is 0 Å². The first-order chi connectivity index (χ1) is 6.31. The molecule has 6 nitrogen and oxygen atoms in total. The molecule has 2 heterocycles. The van der Waals surface area contributed by atoms with Crippen molar-refractivity contribution in [3.63, 3.8) is 0 Å². The molecule has 1 aromatic rings. The normalized spacial score (nSPS) is 16.5. The fourth-order valence-electron chi connectivity index (χ4n) is 1.15. The molecule has 1 aliphatic heterocycles. The minimum atomic E-state index is -0.0790. The highest BCUT2D eigenvalue weighted by Gasteiger charge is 2.24. The Morgan fingerprint density at radius 2 is 2.54 bits per heavy atom. The number of carbonyl (C=O) groups is 1. The van der Waals surface area contributed by atoms with Crippen LogP contribution in [0.3, 0.4) is 0 Å². The number of anilines is 1. The number of nitrogens with two attached hydrogens (primary N) is 1. The third-order valence-electron chi connectivity index (χ3n) is 1.78. The highest BCUT2D eigenvalue weighted by Crippen LogP contribution is 2.16. The van der Waals surface area contributed by atoms with E-state index in [0.717, 1.165) is 0 Å². The molecular weight excluding hydrogens is 170 g/mol. The van der Waals surface area contributed by atoms with Crippen LogP contribution in [0.2, 0.25) is 0 Å². The number of nitrogens with zero attached hydrogens (tertiary/aromatic N) is 3. The summed E-state index contributed by atoms with van der Waals surface area (Å²) in [5.41, 5.74) is 6.07. The van der Waals surface area contributed by atoms with E-state index in [1.807, 2.05) is 0 Å². The van der Waals surface area contributed by atoms with Crippen molar-refractivity contribution < 1.29 is 4.79 Å². The molecule has 0 aliphatic carbocycles. The summed E-state index contributed by atoms with van der Waals surface area (Å²) in [4.78, 5) is 11.4. The molecule has 13 heavy (non-hydrogen) atoms. The molecule has 3 N–H and O–H groups in total. The number of hydrogen-bond acceptors (Lipinski definition) is 4. The van der Waals surface area contributed by atoms with Crippen LogP contribution in [0, 0.1) is 0 Å². The maximum Gasteiger partial charge on any atom is 0.254 e. The number of carbonyl (C=O) groups excluding carboxylic acids is 1. The van der Waals surface area contributed by atoms with Crippen molar-refractivity contribution in [2.24, 2.45) is 10.8 Å². The van der Waals surface area contributed by atoms with Gasteiger partial charge < -0.3 is 5.73 Å². The fourth-order valence-corrected chi connectivity index (χ4v) is 1.15. The van der Waals surface area contributed by atoms with E-state index < -0.39 is 0 Å². The third kappa shape index (κ3) is 1.31. The van der Waals surface area contributed by atoms with E-state index in [9.17, 15) is 4.79 Å². The van der Waals surface area contributed by atoms with Crippen LogP contribution in [0.25, 0.3) is 0 Å². The molecule has 0 fully saturated rings. The largest absolute Gasteiger partial charge is 0.325 e. The average Bonchev–Trinajstić information content (AvgIpc) is 2.72. The molecule has 0 saturated carbocycles. The van der Waals surface area contributed by atoms with E-state index in [1.165, 1.54) is 5.01 Å². The molecule has 0 saturated heterocycles. The second-order valence-electron chi connectivity index (χ2n) is 2.69. The zero-order valence-corrected chi connectivity index (χ0v) is 6.90. The Balaban J connectivity index is 2.26. The SMILES string of the molecule is NCC1=NN(c2ccn[nH]2)C(=O)C1. The van der Waals surface area contributed by atoms with Gasteiger partial charge in [-0.05, 0) is 0 Å². The van der Waals surface area contributed by atoms with Crippen LogP contribution in [-0.2, 0) is 4.79 Å². The number of rotatable bonds is 2. The summed E-state index contributed by atoms with van der Waals surface area (Å²) in [5, 5.41) is 11.7. The molecule has 6 heteroatoms. The van der Waals surface area contributed by atoms with Crippen LogP contribution in [0.1, 0.15) is 6.42 Å². The Kier molecular flexibility index (Phi) is 1.82. The van der Waals surface area contributed by atoms with Crippen LogP contribution in [-0.4, -0.2) is 28.4 Å². The van der Waals surface area contributed by atoms with E-state index in [1.54, 1.807) is 12.3 Å². The zero-order valence-electron chi connectivity index (χ0n) is 6.90. The molecule has 1 aromatic heterocycles. The molecular formula is C7H9N5O. The van der Waals surface area contributed by atoms with Crippen molar-refractivity contribution in [3.05, 3.63) is 12.3 Å². The van der Waals surface area contributed by atoms with Crippen LogP contribution >= 0.6 is 0 Å². The van der Waals surface area contributed by atoms with Crippen molar-refractivity contribution in [1.82, 2.24) is 10.2 Å². The predicted molar refractivity (Wildman–Crippen MR) is 47.2 cm³/mol. The van der Waals surface area contributed by atoms with Gasteiger partial charge in [0.1, 0.15) is 0 Å². The first-order valence-corrected chi connectivity index (χ1v) is 3.90. The monoisotopic (exact) mass is 179 g/mol. The summed E-state index contributed by atoms with van der Waals surface area (Å²) >= 11 is 0. The second-order valence-corrected chi connectivity index (χ2v) is 2.69. The lowest BCUT2D eigenvalue weighted by molar-refractivity contribution is -0.116. The fraction of sp³-hybridized carbons (Fsp3) is 0.286. The number of amides is 1. The lowest BCUT2D eigenvalue weighted by atomic mass is 10.3. The Morgan fingerprint density at radius 3 is 3.08 bits per heavy atom. The maximum atomic E-state index is 11.4. The van der Waals surface area contributed by atoms with Crippen LogP contribution in [0.15, 0.2) is 17.4 Å². The summed E-state index contributed by atoms with van der Waals surface area (Å²) in [7, 11) is 0. The van der Waals surface area contributed by atoms with Gasteiger partial charge in [-0.25, -0.2) is 0 Å². The third-order valence-corrected chi connectivity index (χ3v) is 1.78. The number of nitrogens with one attached hydrogen (secondary N) is 1. The number of hydrazone groups is 1. The average molecular weight is 179 g/mol. The number of hydrogen-bond donors (Lipinski definition) is 2. The van der Waals surface area contributed by atoms with Gasteiger partial charge in [0.2, 0.25) is 0 Å². The van der Waals surface area contributed by atoms with Crippen molar-refractivity contribution in [3.8, 4) is 0 Å². The Hall–Kier alpha value is -1.69. The van der Waals surface area contributed by atoms with Gasteiger partial charge in [0.05, 0.1) is 18.3 Å². The maximum absolute atomic E-state index is 11.4. The Bertz CT molecular complexity index is 342. The minimum Gasteiger partial charge on any atom is -0.325 e. The van der Waals surface area contributed by atoms with Crippen molar-refractivity contribution >= 4 is 17.4 Å². The number of aromatic amines is 1. The quantitative estimate of drug-likeness (QED) is 0.639. The first kappa shape index (κ1) is 7.93. The number of H-pyrrole nitrogens is 1. The lowest BCUT2D eigenvalue weighted by Gasteiger charge is -2.06. The summed E-state index contributed by atoms with van der Waals surface area (Å²) in [6, 6.07) is 1.68. The second kappa shape index (κ2) is 2.98. The first-order valence-electron chi connectivity index (χ1n) is 3.90. The molecule has 0 radical (unpaired) electrons. The predicted octanol–water partition coefficient (Wildman–Crippen LogP) is -0.539. The molecule has 0 aromatic carbocycles. The molecule has 1 amide bonds. The molecule has 0 bridgehead atoms. The van der Waals surface area contributed by atoms with Gasteiger partial charge in [-0.1, -0.05) is 0 Å². The molecule has 68 valence electrons. The molecule has 0 spiro atoms. The summed E-state index contributed by atoms with van der Waals surface area (Å²) in [6.07, 6.45) is 1.87. The van der Waals surface area contributed by atoms with E-state index >= 15 is 0 Å². The smallest absolute Gasteiger partial charge is 0.254 e. The van der Waals surface area contributed by atoms with E-state index in [0.29, 0.717) is 24.5 Å². The highest BCUT2D eigenvalue weighted by atomic mass is 16.2. The van der Waals surface area contributed by atoms with Crippen molar-refractivity contribution in [2.45, 2.75) is 6.42 Å². The van der Waals surface area contributed by atoms with Gasteiger partial charge in [0, 0.05) is 12.6 Å². The van der Waals surface area contributed by atoms with Crippen LogP contribution < -0.4 is 10.7 Å². The molecule has 2 rings (SSSR count). The minimum absolute atomic E-state index is 0.0790. The van der Waals surface area contributed by atoms with Gasteiger partial charge in [-0.3, -0.25) is 9.89 Å². The van der Waals surface area contributed by atoms with Crippen molar-refractivity contribution in [1.29, 1.82) is 0 Å². The zero-order chi connectivity index (χ0) is 9.26. The van der Waals surface area contributed by atoms with Crippen molar-refractivity contribution in [2.75, 3.05) is 11.6 Å². The van der Waals surface area contributed by atoms with Crippen LogP contribution in [0.4, 0.5) is 5.82 Å². The van der Waals surface area contributed by atoms with Gasteiger partial charge in [-0.15, -0.1) is 0 Å². The Labute approximate surface area is 74.4 Å². The summed E-state index contributed by atoms with van der Waals surface area (Å²) < 4.78 is 0. The summed E-state index contributed by atoms with van der Waals surface area (Å²) in [5.74, 6) is 0.498. The van der Waals surface area contributed by atoms with E-state index in [2.05, 4.69) is 15.3 Å². The van der Waals surface area contributed by atoms with Gasteiger partial charge >= 0.3 is 0 Å². The summed E-state index contributed by atoms with van der Waals surface area (Å²) in [6.45, 7) is 0.316. The highest BCUT2D eigenvalue weighted by molar-refractivity contribution is 6.13. The van der Waals surface area contributed by atoms with Gasteiger partial charge in [0.15, 0.2) is 5.82 Å². The lowest BCUT2D eigenvalue weighted by Crippen LogP contribution is -2.19. The topological polar surface area (TPSA) is 87.4 Å². The van der Waals surface area contributed by atoms with E-state index in [-0.39, 0.29) is 5.91 Å². The Morgan fingerprint density at radius 1 is 1.69 bits per heavy atom.